The molecule has 1 aliphatic carbocycles. The Morgan fingerprint density at radius 1 is 0.354 bits per heavy atom. The van der Waals surface area contributed by atoms with Crippen LogP contribution in [0.4, 0.5) is 17.1 Å². The molecule has 8 aromatic rings. The molecule has 2 heteroatoms. The molecule has 1 nitrogen and oxygen atoms in total. The Morgan fingerprint density at radius 2 is 0.754 bits per heavy atom. The molecule has 11 rings (SSSR count). The maximum absolute atomic E-state index is 3.79. The Labute approximate surface area is 390 Å². The second-order valence-electron chi connectivity index (χ2n) is 22.6. The molecular weight excluding hydrogens is 843 g/mol. The second-order valence-corrected chi connectivity index (χ2v) is 30.3. The molecule has 2 heterocycles. The van der Waals surface area contributed by atoms with E-state index in [2.05, 4.69) is 251 Å². The Morgan fingerprint density at radius 3 is 1.28 bits per heavy atom. The number of fused-ring (bicyclic) bond motifs is 13. The summed E-state index contributed by atoms with van der Waals surface area (Å²) < 4.78 is 6.27. The molecule has 0 atom stereocenters. The molecule has 0 N–H and O–H groups in total. The predicted molar refractivity (Wildman–Crippen MR) is 282 cm³/mol. The average Bonchev–Trinajstić information content (AvgIpc) is 3.83. The summed E-state index contributed by atoms with van der Waals surface area (Å²) in [6.45, 7) is 26.2. The molecule has 8 aromatic carbocycles. The number of rotatable bonds is 4. The molecule has 65 heavy (non-hydrogen) atoms. The van der Waals surface area contributed by atoms with Gasteiger partial charge in [-0.1, -0.05) is 0 Å². The van der Waals surface area contributed by atoms with Crippen LogP contribution in [0.5, 0.6) is 0 Å². The van der Waals surface area contributed by atoms with Crippen LogP contribution in [0.2, 0.25) is 0 Å². The van der Waals surface area contributed by atoms with E-state index in [0.717, 1.165) is 0 Å². The first-order chi connectivity index (χ1) is 30.9. The molecule has 0 aromatic heterocycles. The van der Waals surface area contributed by atoms with Crippen molar-refractivity contribution < 1.29 is 0 Å². The summed E-state index contributed by atoms with van der Waals surface area (Å²) in [5.74, 6) is 0. The Hall–Kier alpha value is -5.90. The SMILES string of the molecule is CC(C)(C)c1ccc2[c](c1)[Ge]1([c]3cc(N(c4ccc5c(c4)C(C)(C)c4ccccc4-5)c4ccccc4-c4ccccc4)ccc3-2)[c]2cc(C(C)(C)C)ccc2-c2ccc(C(C)(C)C)c[c]21. The van der Waals surface area contributed by atoms with E-state index in [1.165, 1.54) is 93.8 Å². The fourth-order valence-corrected chi connectivity index (χ4v) is 23.5. The van der Waals surface area contributed by atoms with E-state index in [1.807, 2.05) is 0 Å². The van der Waals surface area contributed by atoms with E-state index >= 15 is 0 Å². The molecule has 1 spiro atoms. The van der Waals surface area contributed by atoms with Crippen molar-refractivity contribution in [1.29, 1.82) is 0 Å². The summed E-state index contributed by atoms with van der Waals surface area (Å²) in [6, 6.07) is 66.4. The molecule has 3 aliphatic rings. The fourth-order valence-electron chi connectivity index (χ4n) is 11.5. The first-order valence-electron chi connectivity index (χ1n) is 23.7. The van der Waals surface area contributed by atoms with Gasteiger partial charge in [0, 0.05) is 0 Å². The summed E-state index contributed by atoms with van der Waals surface area (Å²) in [4.78, 5) is 2.58. The summed E-state index contributed by atoms with van der Waals surface area (Å²) in [5.41, 5.74) is 21.2. The Kier molecular flexibility index (Phi) is 9.19. The number of para-hydroxylation sites is 1. The molecule has 0 radical (unpaired) electrons. The van der Waals surface area contributed by atoms with Gasteiger partial charge < -0.3 is 0 Å². The number of benzene rings is 8. The number of anilines is 3. The number of hydrogen-bond donors (Lipinski definition) is 0. The molecule has 0 saturated heterocycles. The van der Waals surface area contributed by atoms with E-state index in [4.69, 9.17) is 0 Å². The van der Waals surface area contributed by atoms with Crippen molar-refractivity contribution in [2.24, 2.45) is 0 Å². The molecule has 0 unspecified atom stereocenters. The van der Waals surface area contributed by atoms with E-state index in [9.17, 15) is 0 Å². The van der Waals surface area contributed by atoms with E-state index < -0.39 is 13.3 Å². The first kappa shape index (κ1) is 41.8. The van der Waals surface area contributed by atoms with Crippen LogP contribution in [0.1, 0.15) is 104 Å². The zero-order chi connectivity index (χ0) is 45.4. The van der Waals surface area contributed by atoms with Gasteiger partial charge in [0.2, 0.25) is 0 Å². The summed E-state index contributed by atoms with van der Waals surface area (Å²) in [5, 5.41) is 0. The molecule has 0 bridgehead atoms. The number of hydrogen-bond acceptors (Lipinski definition) is 1. The quantitative estimate of drug-likeness (QED) is 0.159. The van der Waals surface area contributed by atoms with Gasteiger partial charge in [-0.15, -0.1) is 0 Å². The van der Waals surface area contributed by atoms with Crippen molar-refractivity contribution in [3.63, 3.8) is 0 Å². The van der Waals surface area contributed by atoms with Crippen LogP contribution >= 0.6 is 0 Å². The van der Waals surface area contributed by atoms with E-state index in [1.54, 1.807) is 13.2 Å². The minimum atomic E-state index is -3.79. The minimum absolute atomic E-state index is 0.00211. The van der Waals surface area contributed by atoms with Gasteiger partial charge in [-0.2, -0.15) is 0 Å². The van der Waals surface area contributed by atoms with Crippen molar-refractivity contribution in [2.45, 2.75) is 97.8 Å². The van der Waals surface area contributed by atoms with E-state index in [-0.39, 0.29) is 21.7 Å². The van der Waals surface area contributed by atoms with Gasteiger partial charge in [-0.25, -0.2) is 0 Å². The van der Waals surface area contributed by atoms with Crippen LogP contribution in [-0.4, -0.2) is 13.3 Å². The van der Waals surface area contributed by atoms with Crippen molar-refractivity contribution in [2.75, 3.05) is 4.90 Å². The van der Waals surface area contributed by atoms with Crippen molar-refractivity contribution in [1.82, 2.24) is 0 Å². The third kappa shape index (κ3) is 6.25. The van der Waals surface area contributed by atoms with Crippen LogP contribution in [-0.2, 0) is 21.7 Å². The fraction of sp³-hybridized carbons (Fsp3) is 0.238. The maximum atomic E-state index is 2.66. The molecule has 2 aliphatic heterocycles. The topological polar surface area (TPSA) is 3.24 Å². The summed E-state index contributed by atoms with van der Waals surface area (Å²) >= 11 is -3.79. The van der Waals surface area contributed by atoms with Gasteiger partial charge in [0.15, 0.2) is 0 Å². The predicted octanol–water partition coefficient (Wildman–Crippen LogP) is 14.4. The van der Waals surface area contributed by atoms with Crippen LogP contribution in [0.3, 0.4) is 0 Å². The van der Waals surface area contributed by atoms with Gasteiger partial charge >= 0.3 is 393 Å². The third-order valence-electron chi connectivity index (χ3n) is 15.2. The monoisotopic (exact) mass is 905 g/mol. The zero-order valence-corrected chi connectivity index (χ0v) is 42.2. The summed E-state index contributed by atoms with van der Waals surface area (Å²) in [7, 11) is 0. The standard InChI is InChI=1S/C63H61GeN/c1-60(2,3)41-25-30-49-50-31-26-42(61(4,5)6)36-56(50)64(55(49)35-41)57-37-43(62(7,8)9)27-32-51(57)52-34-29-45(39-58(52)64)65(59-24-18-16-21-46(59)40-19-13-12-14-20-40)44-28-33-48-47-22-15-17-23-53(47)63(10,11)54(48)38-44/h12-39H,1-11H3. The molecule has 0 saturated carbocycles. The van der Waals surface area contributed by atoms with Gasteiger partial charge in [0.1, 0.15) is 0 Å². The normalized spacial score (nSPS) is 14.9. The number of nitrogens with zero attached hydrogens (tertiary/aromatic N) is 1. The van der Waals surface area contributed by atoms with Crippen molar-refractivity contribution in [3.05, 3.63) is 198 Å². The van der Waals surface area contributed by atoms with Crippen LogP contribution in [0, 0.1) is 0 Å². The Bertz CT molecular complexity index is 3130. The van der Waals surface area contributed by atoms with Crippen LogP contribution in [0.15, 0.2) is 170 Å². The van der Waals surface area contributed by atoms with Gasteiger partial charge in [0.25, 0.3) is 0 Å². The second kappa shape index (κ2) is 14.3. The van der Waals surface area contributed by atoms with Gasteiger partial charge in [-0.05, 0) is 0 Å². The first-order valence-corrected chi connectivity index (χ1v) is 27.9. The molecule has 322 valence electrons. The van der Waals surface area contributed by atoms with Crippen LogP contribution < -0.4 is 22.5 Å². The Balaban J connectivity index is 1.24. The summed E-state index contributed by atoms with van der Waals surface area (Å²) in [6.07, 6.45) is 0. The molecule has 0 fully saturated rings. The third-order valence-corrected chi connectivity index (χ3v) is 25.4. The van der Waals surface area contributed by atoms with E-state index in [0.29, 0.717) is 0 Å². The van der Waals surface area contributed by atoms with Crippen molar-refractivity contribution in [3.8, 4) is 44.5 Å². The van der Waals surface area contributed by atoms with Crippen molar-refractivity contribution >= 4 is 47.9 Å². The molecule has 0 amide bonds. The van der Waals surface area contributed by atoms with Crippen LogP contribution in [0.25, 0.3) is 44.5 Å². The molecular formula is C63H61GeN. The average molecular weight is 905 g/mol. The van der Waals surface area contributed by atoms with Gasteiger partial charge in [0.05, 0.1) is 0 Å². The zero-order valence-electron chi connectivity index (χ0n) is 40.1. The van der Waals surface area contributed by atoms with Gasteiger partial charge in [-0.3, -0.25) is 0 Å².